The molecule has 1 atom stereocenters. The molecule has 1 heterocycles. The van der Waals surface area contributed by atoms with E-state index in [-0.39, 0.29) is 11.7 Å². The average Bonchev–Trinajstić information content (AvgIpc) is 3.13. The maximum Gasteiger partial charge on any atom is 0.311 e. The maximum absolute atomic E-state index is 11.1. The van der Waals surface area contributed by atoms with E-state index in [1.165, 1.54) is 6.20 Å². The van der Waals surface area contributed by atoms with E-state index in [1.54, 1.807) is 6.20 Å². The largest absolute Gasteiger partial charge is 0.363 e. The number of halogens is 1. The third-order valence-corrected chi connectivity index (χ3v) is 3.89. The number of nitrogens with two attached hydrogens (primary N) is 1. The number of aromatic nitrogens is 1. The third kappa shape index (κ3) is 2.46. The van der Waals surface area contributed by atoms with Crippen molar-refractivity contribution in [2.45, 2.75) is 18.9 Å². The van der Waals surface area contributed by atoms with Crippen molar-refractivity contribution < 1.29 is 4.92 Å². The molecule has 1 saturated carbocycles. The fraction of sp³-hybridized carbons (Fsp3) is 0.545. The lowest BCUT2D eigenvalue weighted by molar-refractivity contribution is -0.384. The Morgan fingerprint density at radius 1 is 1.67 bits per heavy atom. The van der Waals surface area contributed by atoms with Gasteiger partial charge in [0, 0.05) is 25.8 Å². The molecule has 18 heavy (non-hydrogen) atoms. The molecule has 2 rings (SSSR count). The molecular formula is C11H15BrN4O2. The predicted molar refractivity (Wildman–Crippen MR) is 72.6 cm³/mol. The zero-order valence-corrected chi connectivity index (χ0v) is 11.6. The maximum atomic E-state index is 11.1. The molecule has 1 unspecified atom stereocenters. The van der Waals surface area contributed by atoms with Crippen LogP contribution in [0.5, 0.6) is 0 Å². The fourth-order valence-electron chi connectivity index (χ4n) is 2.21. The molecule has 98 valence electrons. The average molecular weight is 315 g/mol. The second-order valence-corrected chi connectivity index (χ2v) is 5.35. The molecular weight excluding hydrogens is 300 g/mol. The van der Waals surface area contributed by atoms with Crippen LogP contribution in [0.1, 0.15) is 12.8 Å². The van der Waals surface area contributed by atoms with E-state index in [1.807, 2.05) is 11.9 Å². The molecule has 0 bridgehead atoms. The predicted octanol–water partition coefficient (Wildman–Crippen LogP) is 1.93. The molecule has 0 radical (unpaired) electrons. The standard InChI is InChI=1S/C11H15BrN4O2/c1-15(9(4-13)7-2-3-7)11-8(12)5-14-6-10(11)16(17)18/h5-7,9H,2-4,13H2,1H3. The SMILES string of the molecule is CN(c1c(Br)cncc1[N+](=O)[O-])C(CN)C1CC1. The van der Waals surface area contributed by atoms with E-state index in [0.29, 0.717) is 22.6 Å². The summed E-state index contributed by atoms with van der Waals surface area (Å²) in [6.45, 7) is 0.493. The van der Waals surface area contributed by atoms with Crippen molar-refractivity contribution in [2.24, 2.45) is 11.7 Å². The van der Waals surface area contributed by atoms with Gasteiger partial charge in [0.1, 0.15) is 11.9 Å². The normalized spacial score (nSPS) is 16.4. The van der Waals surface area contributed by atoms with Gasteiger partial charge in [-0.05, 0) is 34.7 Å². The Kier molecular flexibility index (Phi) is 3.82. The zero-order chi connectivity index (χ0) is 13.3. The minimum absolute atomic E-state index is 0.00553. The number of rotatable bonds is 5. The first-order chi connectivity index (χ1) is 8.56. The quantitative estimate of drug-likeness (QED) is 0.663. The van der Waals surface area contributed by atoms with Crippen LogP contribution in [0, 0.1) is 16.0 Å². The smallest absolute Gasteiger partial charge is 0.311 e. The Labute approximate surface area is 113 Å². The fourth-order valence-corrected chi connectivity index (χ4v) is 2.82. The van der Waals surface area contributed by atoms with Gasteiger partial charge in [0.2, 0.25) is 0 Å². The second kappa shape index (κ2) is 5.19. The van der Waals surface area contributed by atoms with Crippen LogP contribution in [0.3, 0.4) is 0 Å². The molecule has 0 aliphatic heterocycles. The first-order valence-electron chi connectivity index (χ1n) is 5.77. The van der Waals surface area contributed by atoms with Gasteiger partial charge in [0.25, 0.3) is 0 Å². The number of anilines is 1. The second-order valence-electron chi connectivity index (χ2n) is 4.50. The summed E-state index contributed by atoms with van der Waals surface area (Å²) < 4.78 is 0.623. The van der Waals surface area contributed by atoms with Crippen LogP contribution in [0.15, 0.2) is 16.9 Å². The summed E-state index contributed by atoms with van der Waals surface area (Å²) in [5.41, 5.74) is 6.34. The van der Waals surface area contributed by atoms with Gasteiger partial charge in [-0.3, -0.25) is 15.1 Å². The van der Waals surface area contributed by atoms with Gasteiger partial charge >= 0.3 is 5.69 Å². The van der Waals surface area contributed by atoms with Crippen LogP contribution in [-0.2, 0) is 0 Å². The summed E-state index contributed by atoms with van der Waals surface area (Å²) in [5, 5.41) is 11.1. The van der Waals surface area contributed by atoms with Gasteiger partial charge in [-0.15, -0.1) is 0 Å². The molecule has 1 aromatic rings. The van der Waals surface area contributed by atoms with Gasteiger partial charge in [-0.1, -0.05) is 0 Å². The molecule has 0 saturated heterocycles. The lowest BCUT2D eigenvalue weighted by Crippen LogP contribution is -2.40. The lowest BCUT2D eigenvalue weighted by atomic mass is 10.1. The highest BCUT2D eigenvalue weighted by atomic mass is 79.9. The summed E-state index contributed by atoms with van der Waals surface area (Å²) >= 11 is 3.33. The van der Waals surface area contributed by atoms with E-state index < -0.39 is 4.92 Å². The topological polar surface area (TPSA) is 85.3 Å². The zero-order valence-electron chi connectivity index (χ0n) is 10.0. The van der Waals surface area contributed by atoms with E-state index in [0.717, 1.165) is 12.8 Å². The first kappa shape index (κ1) is 13.2. The number of nitro groups is 1. The van der Waals surface area contributed by atoms with Gasteiger partial charge in [0.05, 0.1) is 9.40 Å². The highest BCUT2D eigenvalue weighted by Gasteiger charge is 2.35. The van der Waals surface area contributed by atoms with E-state index in [9.17, 15) is 10.1 Å². The summed E-state index contributed by atoms with van der Waals surface area (Å²) in [4.78, 5) is 16.4. The van der Waals surface area contributed by atoms with Gasteiger partial charge < -0.3 is 10.6 Å². The van der Waals surface area contributed by atoms with Crippen molar-refractivity contribution in [1.82, 2.24) is 4.98 Å². The summed E-state index contributed by atoms with van der Waals surface area (Å²) in [6, 6.07) is 0.141. The molecule has 6 nitrogen and oxygen atoms in total. The van der Waals surface area contributed by atoms with Gasteiger partial charge in [-0.2, -0.15) is 0 Å². The molecule has 7 heteroatoms. The van der Waals surface area contributed by atoms with Crippen LogP contribution in [0.25, 0.3) is 0 Å². The van der Waals surface area contributed by atoms with Crippen molar-refractivity contribution in [1.29, 1.82) is 0 Å². The lowest BCUT2D eigenvalue weighted by Gasteiger charge is -2.29. The Hall–Kier alpha value is -1.21. The first-order valence-corrected chi connectivity index (χ1v) is 6.56. The van der Waals surface area contributed by atoms with Gasteiger partial charge in [0.15, 0.2) is 0 Å². The molecule has 1 aliphatic carbocycles. The van der Waals surface area contributed by atoms with E-state index in [2.05, 4.69) is 20.9 Å². The summed E-state index contributed by atoms with van der Waals surface area (Å²) in [6.07, 6.45) is 5.13. The Morgan fingerprint density at radius 2 is 2.33 bits per heavy atom. The van der Waals surface area contributed by atoms with Crippen LogP contribution in [0.4, 0.5) is 11.4 Å². The highest BCUT2D eigenvalue weighted by molar-refractivity contribution is 9.10. The molecule has 1 fully saturated rings. The number of hydrogen-bond acceptors (Lipinski definition) is 5. The van der Waals surface area contributed by atoms with E-state index in [4.69, 9.17) is 5.73 Å². The molecule has 1 aromatic heterocycles. The summed E-state index contributed by atoms with van der Waals surface area (Å²) in [7, 11) is 1.85. The Balaban J connectivity index is 2.39. The minimum atomic E-state index is -0.413. The Bertz CT molecular complexity index is 464. The molecule has 2 N–H and O–H groups in total. The van der Waals surface area contributed by atoms with Crippen LogP contribution in [-0.4, -0.2) is 29.5 Å². The number of nitrogens with zero attached hydrogens (tertiary/aromatic N) is 3. The number of likely N-dealkylation sites (N-methyl/N-ethyl adjacent to an activating group) is 1. The van der Waals surface area contributed by atoms with Crippen molar-refractivity contribution >= 4 is 27.3 Å². The van der Waals surface area contributed by atoms with Gasteiger partial charge in [-0.25, -0.2) is 0 Å². The third-order valence-electron chi connectivity index (χ3n) is 3.31. The monoisotopic (exact) mass is 314 g/mol. The van der Waals surface area contributed by atoms with Crippen molar-refractivity contribution in [3.05, 3.63) is 27.0 Å². The molecule has 1 aliphatic rings. The minimum Gasteiger partial charge on any atom is -0.363 e. The van der Waals surface area contributed by atoms with Crippen LogP contribution < -0.4 is 10.6 Å². The highest BCUT2D eigenvalue weighted by Crippen LogP contribution is 2.40. The van der Waals surface area contributed by atoms with Crippen molar-refractivity contribution in [2.75, 3.05) is 18.5 Å². The summed E-state index contributed by atoms with van der Waals surface area (Å²) in [5.74, 6) is 0.541. The molecule has 0 aromatic carbocycles. The van der Waals surface area contributed by atoms with E-state index >= 15 is 0 Å². The number of pyridine rings is 1. The Morgan fingerprint density at radius 3 is 2.83 bits per heavy atom. The van der Waals surface area contributed by atoms with Crippen molar-refractivity contribution in [3.8, 4) is 0 Å². The molecule has 0 amide bonds. The number of hydrogen-bond donors (Lipinski definition) is 1. The van der Waals surface area contributed by atoms with Crippen molar-refractivity contribution in [3.63, 3.8) is 0 Å². The molecule has 0 spiro atoms. The van der Waals surface area contributed by atoms with Crippen LogP contribution in [0.2, 0.25) is 0 Å². The van der Waals surface area contributed by atoms with Crippen LogP contribution >= 0.6 is 15.9 Å².